The third-order valence-electron chi connectivity index (χ3n) is 6.73. The second-order valence-corrected chi connectivity index (χ2v) is 9.95. The minimum Gasteiger partial charge on any atom is -0.461 e. The van der Waals surface area contributed by atoms with Crippen LogP contribution in [-0.4, -0.2) is 24.3 Å². The van der Waals surface area contributed by atoms with Gasteiger partial charge < -0.3 is 9.84 Å². The summed E-state index contributed by atoms with van der Waals surface area (Å²) in [5.74, 6) is 0.682. The van der Waals surface area contributed by atoms with Gasteiger partial charge in [0, 0.05) is 13.0 Å². The largest absolute Gasteiger partial charge is 0.461 e. The summed E-state index contributed by atoms with van der Waals surface area (Å²) in [6, 6.07) is 0. The molecule has 0 bridgehead atoms. The second kappa shape index (κ2) is 27.4. The standard InChI is InChI=1S/C30H58O3/c1-3-5-7-9-12-15-19-23-29(26-27-31)24-20-16-13-10-11-14-17-21-25-30(32)33-28-22-18-8-6-4-2/h18,22,29,31H,3-17,19-21,23-28H2,1-2H3. The van der Waals surface area contributed by atoms with Crippen LogP contribution in [0.1, 0.15) is 155 Å². The average Bonchev–Trinajstić information content (AvgIpc) is 2.81. The fourth-order valence-electron chi connectivity index (χ4n) is 4.49. The van der Waals surface area contributed by atoms with Gasteiger partial charge in [0.2, 0.25) is 0 Å². The predicted molar refractivity (Wildman–Crippen MR) is 144 cm³/mol. The van der Waals surface area contributed by atoms with Crippen molar-refractivity contribution in [2.75, 3.05) is 13.2 Å². The first kappa shape index (κ1) is 32.2. The summed E-state index contributed by atoms with van der Waals surface area (Å²) in [5, 5.41) is 9.36. The Hall–Kier alpha value is -0.830. The van der Waals surface area contributed by atoms with Crippen molar-refractivity contribution in [3.8, 4) is 0 Å². The number of ether oxygens (including phenoxy) is 1. The minimum absolute atomic E-state index is 0.0518. The zero-order valence-electron chi connectivity index (χ0n) is 22.5. The molecule has 0 fully saturated rings. The molecule has 0 radical (unpaired) electrons. The molecule has 33 heavy (non-hydrogen) atoms. The summed E-state index contributed by atoms with van der Waals surface area (Å²) in [6.45, 7) is 5.24. The third kappa shape index (κ3) is 25.6. The topological polar surface area (TPSA) is 46.5 Å². The number of esters is 1. The highest BCUT2D eigenvalue weighted by Crippen LogP contribution is 2.22. The molecular formula is C30H58O3. The summed E-state index contributed by atoms with van der Waals surface area (Å²) >= 11 is 0. The monoisotopic (exact) mass is 466 g/mol. The van der Waals surface area contributed by atoms with Gasteiger partial charge in [0.15, 0.2) is 0 Å². The van der Waals surface area contributed by atoms with Gasteiger partial charge in [-0.3, -0.25) is 4.79 Å². The van der Waals surface area contributed by atoms with E-state index in [1.54, 1.807) is 0 Å². The van der Waals surface area contributed by atoms with Crippen molar-refractivity contribution >= 4 is 5.97 Å². The van der Waals surface area contributed by atoms with Gasteiger partial charge in [-0.15, -0.1) is 0 Å². The zero-order chi connectivity index (χ0) is 24.2. The normalized spacial score (nSPS) is 12.5. The molecule has 3 heteroatoms. The van der Waals surface area contributed by atoms with Gasteiger partial charge in [-0.2, -0.15) is 0 Å². The van der Waals surface area contributed by atoms with Crippen molar-refractivity contribution < 1.29 is 14.6 Å². The molecule has 1 N–H and O–H groups in total. The lowest BCUT2D eigenvalue weighted by atomic mass is 9.91. The first-order valence-corrected chi connectivity index (χ1v) is 14.7. The Morgan fingerprint density at radius 2 is 1.18 bits per heavy atom. The van der Waals surface area contributed by atoms with Crippen LogP contribution < -0.4 is 0 Å². The van der Waals surface area contributed by atoms with Crippen molar-refractivity contribution in [2.45, 2.75) is 155 Å². The number of rotatable bonds is 26. The van der Waals surface area contributed by atoms with Gasteiger partial charge >= 0.3 is 5.97 Å². The van der Waals surface area contributed by atoms with Crippen LogP contribution in [0.3, 0.4) is 0 Å². The lowest BCUT2D eigenvalue weighted by Gasteiger charge is -2.15. The molecule has 1 unspecified atom stereocenters. The van der Waals surface area contributed by atoms with Crippen LogP contribution in [0, 0.1) is 5.92 Å². The number of unbranched alkanes of at least 4 members (excludes halogenated alkanes) is 15. The van der Waals surface area contributed by atoms with E-state index < -0.39 is 0 Å². The summed E-state index contributed by atoms with van der Waals surface area (Å²) in [7, 11) is 0. The third-order valence-corrected chi connectivity index (χ3v) is 6.73. The van der Waals surface area contributed by atoms with Crippen LogP contribution in [0.25, 0.3) is 0 Å². The average molecular weight is 467 g/mol. The minimum atomic E-state index is -0.0518. The summed E-state index contributed by atoms with van der Waals surface area (Å²) in [5.41, 5.74) is 0. The van der Waals surface area contributed by atoms with Crippen LogP contribution in [0.2, 0.25) is 0 Å². The molecule has 196 valence electrons. The summed E-state index contributed by atoms with van der Waals surface area (Å²) < 4.78 is 5.24. The SMILES string of the molecule is CCCCC=CCOC(=O)CCCCCCCCCCC(CCO)CCCCCCCCC. The zero-order valence-corrected chi connectivity index (χ0v) is 22.5. The second-order valence-electron chi connectivity index (χ2n) is 9.95. The van der Waals surface area contributed by atoms with E-state index in [9.17, 15) is 9.90 Å². The maximum Gasteiger partial charge on any atom is 0.306 e. The highest BCUT2D eigenvalue weighted by molar-refractivity contribution is 5.69. The Morgan fingerprint density at radius 1 is 0.667 bits per heavy atom. The molecule has 0 saturated heterocycles. The van der Waals surface area contributed by atoms with E-state index in [0.717, 1.165) is 31.6 Å². The molecule has 3 nitrogen and oxygen atoms in total. The molecule has 1 atom stereocenters. The quantitative estimate of drug-likeness (QED) is 0.0784. The molecule has 0 aliphatic rings. The van der Waals surface area contributed by atoms with E-state index in [1.807, 2.05) is 6.08 Å². The van der Waals surface area contributed by atoms with Crippen molar-refractivity contribution in [3.05, 3.63) is 12.2 Å². The molecule has 0 spiro atoms. The van der Waals surface area contributed by atoms with E-state index in [2.05, 4.69) is 19.9 Å². The Kier molecular flexibility index (Phi) is 26.7. The number of carbonyl (C=O) groups is 1. The van der Waals surface area contributed by atoms with Crippen LogP contribution in [0.4, 0.5) is 0 Å². The van der Waals surface area contributed by atoms with Crippen LogP contribution in [0.5, 0.6) is 0 Å². The van der Waals surface area contributed by atoms with Crippen molar-refractivity contribution in [1.29, 1.82) is 0 Å². The first-order chi connectivity index (χ1) is 16.2. The van der Waals surface area contributed by atoms with Crippen molar-refractivity contribution in [3.63, 3.8) is 0 Å². The summed E-state index contributed by atoms with van der Waals surface area (Å²) in [6.07, 6.45) is 31.3. The van der Waals surface area contributed by atoms with E-state index in [0.29, 0.717) is 19.6 Å². The molecule has 0 rings (SSSR count). The molecular weight excluding hydrogens is 408 g/mol. The van der Waals surface area contributed by atoms with Gasteiger partial charge in [0.05, 0.1) is 0 Å². The number of aliphatic hydroxyl groups excluding tert-OH is 1. The molecule has 0 aliphatic carbocycles. The highest BCUT2D eigenvalue weighted by atomic mass is 16.5. The van der Waals surface area contributed by atoms with Gasteiger partial charge in [-0.25, -0.2) is 0 Å². The Bertz CT molecular complexity index is 419. The molecule has 0 amide bonds. The molecule has 0 saturated carbocycles. The molecule has 0 aromatic heterocycles. The number of allylic oxidation sites excluding steroid dienone is 1. The Balaban J connectivity index is 3.47. The highest BCUT2D eigenvalue weighted by Gasteiger charge is 2.08. The van der Waals surface area contributed by atoms with E-state index in [-0.39, 0.29) is 5.97 Å². The maximum absolute atomic E-state index is 11.7. The molecule has 0 aliphatic heterocycles. The van der Waals surface area contributed by atoms with E-state index >= 15 is 0 Å². The molecule has 0 aromatic rings. The maximum atomic E-state index is 11.7. The van der Waals surface area contributed by atoms with Gasteiger partial charge in [0.1, 0.15) is 6.61 Å². The van der Waals surface area contributed by atoms with Crippen molar-refractivity contribution in [1.82, 2.24) is 0 Å². The van der Waals surface area contributed by atoms with Crippen LogP contribution in [0.15, 0.2) is 12.2 Å². The van der Waals surface area contributed by atoms with Crippen LogP contribution in [-0.2, 0) is 9.53 Å². The fraction of sp³-hybridized carbons (Fsp3) is 0.900. The first-order valence-electron chi connectivity index (χ1n) is 14.7. The fourth-order valence-corrected chi connectivity index (χ4v) is 4.49. The van der Waals surface area contributed by atoms with Crippen LogP contribution >= 0.6 is 0 Å². The van der Waals surface area contributed by atoms with E-state index in [1.165, 1.54) is 109 Å². The van der Waals surface area contributed by atoms with Gasteiger partial charge in [0.25, 0.3) is 0 Å². The number of aliphatic hydroxyl groups is 1. The van der Waals surface area contributed by atoms with E-state index in [4.69, 9.17) is 4.74 Å². The lowest BCUT2D eigenvalue weighted by Crippen LogP contribution is -2.04. The van der Waals surface area contributed by atoms with Gasteiger partial charge in [-0.1, -0.05) is 142 Å². The van der Waals surface area contributed by atoms with Gasteiger partial charge in [-0.05, 0) is 25.2 Å². The number of hydrogen-bond donors (Lipinski definition) is 1. The molecule has 0 aromatic carbocycles. The lowest BCUT2D eigenvalue weighted by molar-refractivity contribution is -0.142. The predicted octanol–water partition coefficient (Wildman–Crippen LogP) is 9.32. The number of hydrogen-bond acceptors (Lipinski definition) is 3. The van der Waals surface area contributed by atoms with Crippen molar-refractivity contribution in [2.24, 2.45) is 5.92 Å². The smallest absolute Gasteiger partial charge is 0.306 e. The Morgan fingerprint density at radius 3 is 1.73 bits per heavy atom. The summed E-state index contributed by atoms with van der Waals surface area (Å²) in [4.78, 5) is 11.7. The Labute approximate surface area is 207 Å². The number of carbonyl (C=O) groups excluding carboxylic acids is 1. The molecule has 0 heterocycles.